The van der Waals surface area contributed by atoms with E-state index in [0.29, 0.717) is 0 Å². The number of methoxy groups -OCH3 is 1. The number of hydrogen-bond donors (Lipinski definition) is 1. The van der Waals surface area contributed by atoms with Gasteiger partial charge in [0.15, 0.2) is 0 Å². The van der Waals surface area contributed by atoms with Crippen LogP contribution in [0.3, 0.4) is 0 Å². The predicted molar refractivity (Wildman–Crippen MR) is 64.1 cm³/mol. The Bertz CT molecular complexity index is 353. The highest BCUT2D eigenvalue weighted by atomic mass is 79.9. The SMILES string of the molecule is COC1(C(O)c2c(Br)cnn2C)CCCC1. The van der Waals surface area contributed by atoms with Crippen LogP contribution in [0.15, 0.2) is 10.7 Å². The first-order chi connectivity index (χ1) is 7.60. The fourth-order valence-corrected chi connectivity index (χ4v) is 3.10. The molecule has 1 N–H and O–H groups in total. The maximum absolute atomic E-state index is 10.5. The van der Waals surface area contributed by atoms with E-state index in [0.717, 1.165) is 35.8 Å². The maximum atomic E-state index is 10.5. The Kier molecular flexibility index (Phi) is 3.37. The smallest absolute Gasteiger partial charge is 0.126 e. The van der Waals surface area contributed by atoms with Crippen molar-refractivity contribution in [2.75, 3.05) is 7.11 Å². The van der Waals surface area contributed by atoms with E-state index in [1.165, 1.54) is 0 Å². The maximum Gasteiger partial charge on any atom is 0.126 e. The average molecular weight is 289 g/mol. The molecule has 0 amide bonds. The van der Waals surface area contributed by atoms with E-state index < -0.39 is 11.7 Å². The van der Waals surface area contributed by atoms with E-state index in [2.05, 4.69) is 21.0 Å². The van der Waals surface area contributed by atoms with Gasteiger partial charge in [0.2, 0.25) is 0 Å². The number of ether oxygens (including phenoxy) is 1. The Hall–Kier alpha value is -0.390. The number of aliphatic hydroxyl groups is 1. The van der Waals surface area contributed by atoms with Crippen molar-refractivity contribution < 1.29 is 9.84 Å². The summed E-state index contributed by atoms with van der Waals surface area (Å²) in [5.74, 6) is 0. The minimum absolute atomic E-state index is 0.434. The second kappa shape index (κ2) is 4.47. The lowest BCUT2D eigenvalue weighted by Crippen LogP contribution is -2.36. The fraction of sp³-hybridized carbons (Fsp3) is 0.727. The summed E-state index contributed by atoms with van der Waals surface area (Å²) in [5.41, 5.74) is 0.361. The second-order valence-electron chi connectivity index (χ2n) is 4.38. The predicted octanol–water partition coefficient (Wildman–Crippen LogP) is 2.18. The Morgan fingerprint density at radius 2 is 2.19 bits per heavy atom. The Morgan fingerprint density at radius 3 is 2.62 bits per heavy atom. The summed E-state index contributed by atoms with van der Waals surface area (Å²) in [7, 11) is 3.51. The van der Waals surface area contributed by atoms with Crippen LogP contribution in [0.1, 0.15) is 37.5 Å². The number of aliphatic hydroxyl groups excluding tert-OH is 1. The van der Waals surface area contributed by atoms with Crippen molar-refractivity contribution in [2.24, 2.45) is 7.05 Å². The molecule has 1 heterocycles. The third kappa shape index (κ3) is 1.81. The summed E-state index contributed by atoms with van der Waals surface area (Å²) in [6.07, 6.45) is 5.12. The van der Waals surface area contributed by atoms with Gasteiger partial charge in [0.05, 0.1) is 22.0 Å². The van der Waals surface area contributed by atoms with Crippen molar-refractivity contribution in [1.29, 1.82) is 0 Å². The van der Waals surface area contributed by atoms with E-state index in [1.54, 1.807) is 18.0 Å². The zero-order chi connectivity index (χ0) is 11.8. The minimum Gasteiger partial charge on any atom is -0.384 e. The first-order valence-corrected chi connectivity index (χ1v) is 6.30. The van der Waals surface area contributed by atoms with E-state index >= 15 is 0 Å². The molecule has 0 aliphatic heterocycles. The normalized spacial score (nSPS) is 21.2. The molecule has 16 heavy (non-hydrogen) atoms. The van der Waals surface area contributed by atoms with Gasteiger partial charge in [-0.1, -0.05) is 12.8 Å². The molecule has 0 spiro atoms. The van der Waals surface area contributed by atoms with E-state index in [9.17, 15) is 5.11 Å². The summed E-state index contributed by atoms with van der Waals surface area (Å²) in [6, 6.07) is 0. The lowest BCUT2D eigenvalue weighted by atomic mass is 9.92. The summed E-state index contributed by atoms with van der Waals surface area (Å²) in [6.45, 7) is 0. The fourth-order valence-electron chi connectivity index (χ4n) is 2.54. The van der Waals surface area contributed by atoms with Crippen molar-refractivity contribution in [1.82, 2.24) is 9.78 Å². The molecule has 1 fully saturated rings. The van der Waals surface area contributed by atoms with Crippen molar-refractivity contribution in [3.05, 3.63) is 16.4 Å². The summed E-state index contributed by atoms with van der Waals surface area (Å²) in [4.78, 5) is 0. The largest absolute Gasteiger partial charge is 0.384 e. The molecule has 90 valence electrons. The van der Waals surface area contributed by atoms with Crippen LogP contribution in [0, 0.1) is 0 Å². The van der Waals surface area contributed by atoms with Gasteiger partial charge >= 0.3 is 0 Å². The highest BCUT2D eigenvalue weighted by Crippen LogP contribution is 2.43. The molecule has 0 aromatic carbocycles. The van der Waals surface area contributed by atoms with E-state index in [1.807, 2.05) is 7.05 Å². The molecule has 0 bridgehead atoms. The molecule has 2 rings (SSSR count). The molecule has 5 heteroatoms. The van der Waals surface area contributed by atoms with E-state index in [-0.39, 0.29) is 0 Å². The first-order valence-electron chi connectivity index (χ1n) is 5.51. The van der Waals surface area contributed by atoms with Gasteiger partial charge in [-0.3, -0.25) is 4.68 Å². The zero-order valence-corrected chi connectivity index (χ0v) is 11.2. The average Bonchev–Trinajstić information content (AvgIpc) is 2.86. The van der Waals surface area contributed by atoms with Crippen LogP contribution in [0.4, 0.5) is 0 Å². The number of rotatable bonds is 3. The molecule has 4 nitrogen and oxygen atoms in total. The number of halogens is 1. The van der Waals surface area contributed by atoms with Crippen LogP contribution in [0.25, 0.3) is 0 Å². The molecule has 1 aliphatic carbocycles. The van der Waals surface area contributed by atoms with Gasteiger partial charge in [-0.2, -0.15) is 5.10 Å². The third-order valence-electron chi connectivity index (χ3n) is 3.55. The highest BCUT2D eigenvalue weighted by Gasteiger charge is 2.43. The molecule has 0 saturated heterocycles. The molecule has 0 radical (unpaired) electrons. The quantitative estimate of drug-likeness (QED) is 0.927. The van der Waals surface area contributed by atoms with Gasteiger partial charge in [-0.25, -0.2) is 0 Å². The van der Waals surface area contributed by atoms with Crippen LogP contribution in [0.2, 0.25) is 0 Å². The van der Waals surface area contributed by atoms with Gasteiger partial charge in [0.25, 0.3) is 0 Å². The van der Waals surface area contributed by atoms with Gasteiger partial charge in [-0.05, 0) is 28.8 Å². The Balaban J connectivity index is 2.33. The number of nitrogens with zero attached hydrogens (tertiary/aromatic N) is 2. The van der Waals surface area contributed by atoms with Crippen LogP contribution < -0.4 is 0 Å². The highest BCUT2D eigenvalue weighted by molar-refractivity contribution is 9.10. The Labute approximate surface area is 104 Å². The molecular formula is C11H17BrN2O2. The molecule has 1 saturated carbocycles. The lowest BCUT2D eigenvalue weighted by molar-refractivity contribution is -0.103. The van der Waals surface area contributed by atoms with Gasteiger partial charge in [0.1, 0.15) is 6.10 Å². The van der Waals surface area contributed by atoms with Crippen molar-refractivity contribution in [3.63, 3.8) is 0 Å². The molecule has 1 aromatic rings. The Morgan fingerprint density at radius 1 is 1.56 bits per heavy atom. The molecular weight excluding hydrogens is 272 g/mol. The number of aryl methyl sites for hydroxylation is 1. The van der Waals surface area contributed by atoms with Crippen LogP contribution >= 0.6 is 15.9 Å². The number of aromatic nitrogens is 2. The standard InChI is InChI=1S/C11H17BrN2O2/c1-14-9(8(12)7-13-14)10(15)11(16-2)5-3-4-6-11/h7,10,15H,3-6H2,1-2H3. The monoisotopic (exact) mass is 288 g/mol. The van der Waals surface area contributed by atoms with Crippen LogP contribution in [-0.4, -0.2) is 27.6 Å². The molecule has 1 unspecified atom stereocenters. The zero-order valence-electron chi connectivity index (χ0n) is 9.61. The molecule has 1 aromatic heterocycles. The van der Waals surface area contributed by atoms with Crippen molar-refractivity contribution in [2.45, 2.75) is 37.4 Å². The minimum atomic E-state index is -0.623. The summed E-state index contributed by atoms with van der Waals surface area (Å²) in [5, 5.41) is 14.6. The lowest BCUT2D eigenvalue weighted by Gasteiger charge is -2.33. The molecule has 1 aliphatic rings. The van der Waals surface area contributed by atoms with Crippen LogP contribution in [-0.2, 0) is 11.8 Å². The summed E-state index contributed by atoms with van der Waals surface area (Å²) < 4.78 is 8.12. The first kappa shape index (κ1) is 12.1. The third-order valence-corrected chi connectivity index (χ3v) is 4.16. The van der Waals surface area contributed by atoms with E-state index in [4.69, 9.17) is 4.74 Å². The molecule has 1 atom stereocenters. The van der Waals surface area contributed by atoms with Crippen LogP contribution in [0.5, 0.6) is 0 Å². The van der Waals surface area contributed by atoms with Crippen molar-refractivity contribution in [3.8, 4) is 0 Å². The van der Waals surface area contributed by atoms with Gasteiger partial charge < -0.3 is 9.84 Å². The topological polar surface area (TPSA) is 47.3 Å². The number of hydrogen-bond acceptors (Lipinski definition) is 3. The van der Waals surface area contributed by atoms with Crippen molar-refractivity contribution >= 4 is 15.9 Å². The van der Waals surface area contributed by atoms with Gasteiger partial charge in [0, 0.05) is 14.2 Å². The second-order valence-corrected chi connectivity index (χ2v) is 5.23. The van der Waals surface area contributed by atoms with Gasteiger partial charge in [-0.15, -0.1) is 0 Å². The summed E-state index contributed by atoms with van der Waals surface area (Å²) >= 11 is 3.42.